The Morgan fingerprint density at radius 3 is 2.56 bits per heavy atom. The van der Waals surface area contributed by atoms with Crippen LogP contribution in [-0.2, 0) is 4.79 Å². The number of allylic oxidation sites excluding steroid dienone is 1. The highest BCUT2D eigenvalue weighted by atomic mass is 32.1. The summed E-state index contributed by atoms with van der Waals surface area (Å²) in [6, 6.07) is 9.35. The van der Waals surface area contributed by atoms with E-state index in [4.69, 9.17) is 16.3 Å². The van der Waals surface area contributed by atoms with E-state index in [9.17, 15) is 9.59 Å². The highest BCUT2D eigenvalue weighted by Crippen LogP contribution is 2.32. The molecule has 2 heterocycles. The Labute approximate surface area is 214 Å². The van der Waals surface area contributed by atoms with Crippen LogP contribution in [0.25, 0.3) is 10.3 Å². The van der Waals surface area contributed by atoms with Gasteiger partial charge < -0.3 is 16.4 Å². The van der Waals surface area contributed by atoms with Gasteiger partial charge in [0.25, 0.3) is 5.91 Å². The maximum absolute atomic E-state index is 12.8. The number of hydrogen-bond acceptors (Lipinski definition) is 8. The monoisotopic (exact) mass is 503 g/mol. The van der Waals surface area contributed by atoms with Crippen molar-refractivity contribution in [1.82, 2.24) is 9.97 Å². The average Bonchev–Trinajstić information content (AvgIpc) is 3.20. The molecule has 9 nitrogen and oxygen atoms in total. The summed E-state index contributed by atoms with van der Waals surface area (Å²) < 4.78 is 0. The van der Waals surface area contributed by atoms with E-state index in [-0.39, 0.29) is 34.0 Å². The Balaban J connectivity index is 0.000000572. The molecular weight excluding hydrogens is 474 g/mol. The maximum atomic E-state index is 12.8. The van der Waals surface area contributed by atoms with Crippen molar-refractivity contribution < 1.29 is 9.59 Å². The number of nitrogens with one attached hydrogen (secondary N) is 2. The van der Waals surface area contributed by atoms with Crippen LogP contribution in [-0.4, -0.2) is 21.8 Å². The van der Waals surface area contributed by atoms with Crippen molar-refractivity contribution in [1.29, 1.82) is 10.5 Å². The van der Waals surface area contributed by atoms with Crippen LogP contribution < -0.4 is 16.4 Å². The van der Waals surface area contributed by atoms with Crippen molar-refractivity contribution in [3.05, 3.63) is 52.7 Å². The van der Waals surface area contributed by atoms with Gasteiger partial charge in [-0.3, -0.25) is 9.59 Å². The highest BCUT2D eigenvalue weighted by Gasteiger charge is 2.19. The molecule has 3 rings (SSSR count). The first-order valence-corrected chi connectivity index (χ1v) is 12.1. The van der Waals surface area contributed by atoms with Crippen LogP contribution in [0.2, 0.25) is 0 Å². The molecule has 0 spiro atoms. The number of aromatic nitrogens is 2. The number of fused-ring (bicyclic) bond motifs is 1. The third-order valence-corrected chi connectivity index (χ3v) is 6.35. The summed E-state index contributed by atoms with van der Waals surface area (Å²) in [6.45, 7) is 9.58. The molecule has 0 saturated carbocycles. The molecule has 0 unspecified atom stereocenters. The van der Waals surface area contributed by atoms with E-state index in [0.29, 0.717) is 21.7 Å². The van der Waals surface area contributed by atoms with Crippen LogP contribution >= 0.6 is 11.3 Å². The van der Waals surface area contributed by atoms with E-state index >= 15 is 0 Å². The number of nitrogen functional groups attached to an aromatic ring is 1. The number of carbonyl (C=O) groups is 2. The largest absolute Gasteiger partial charge is 0.396 e. The molecule has 2 aromatic heterocycles. The van der Waals surface area contributed by atoms with Crippen LogP contribution in [0.4, 0.5) is 17.1 Å². The molecule has 0 aliphatic rings. The van der Waals surface area contributed by atoms with Crippen molar-refractivity contribution in [3.8, 4) is 12.1 Å². The lowest BCUT2D eigenvalue weighted by atomic mass is 9.93. The maximum Gasteiger partial charge on any atom is 0.268 e. The van der Waals surface area contributed by atoms with E-state index in [2.05, 4.69) is 26.7 Å². The standard InChI is InChI=1S/C20H18N6O2S.C6H11N/c1-3-4-5-15(27)24-12-7-6-11(2)14(8-12)26-19(28)18-16(22)17-20(29-18)23-10-13(9-21)25-17;1-4-6(2,3)5-7/h3-4,6-8,10H,5,22H2,1-2H3,(H,24,27)(H,26,28);4H2,1-3H3/b4-3-;. The molecule has 4 N–H and O–H groups in total. The van der Waals surface area contributed by atoms with Gasteiger partial charge in [0, 0.05) is 17.8 Å². The fraction of sp³-hybridized carbons (Fsp3) is 0.308. The van der Waals surface area contributed by atoms with Gasteiger partial charge in [0.2, 0.25) is 5.91 Å². The summed E-state index contributed by atoms with van der Waals surface area (Å²) in [7, 11) is 0. The zero-order chi connectivity index (χ0) is 26.9. The Kier molecular flexibility index (Phi) is 9.66. The van der Waals surface area contributed by atoms with Gasteiger partial charge >= 0.3 is 0 Å². The van der Waals surface area contributed by atoms with Crippen molar-refractivity contribution in [2.75, 3.05) is 16.4 Å². The Morgan fingerprint density at radius 1 is 1.25 bits per heavy atom. The number of anilines is 3. The van der Waals surface area contributed by atoms with E-state index in [1.807, 2.05) is 40.7 Å². The minimum atomic E-state index is -0.411. The third-order valence-electron chi connectivity index (χ3n) is 5.25. The lowest BCUT2D eigenvalue weighted by Gasteiger charge is -2.11. The SMILES string of the molecule is C/C=C\CC(=O)Nc1ccc(C)c(NC(=O)c2sc3ncc(C#N)nc3c2N)c1.CCC(C)(C)C#N. The van der Waals surface area contributed by atoms with Crippen molar-refractivity contribution in [2.24, 2.45) is 5.41 Å². The molecule has 36 heavy (non-hydrogen) atoms. The molecule has 0 aliphatic carbocycles. The van der Waals surface area contributed by atoms with Gasteiger partial charge in [-0.05, 0) is 51.8 Å². The normalized spacial score (nSPS) is 10.8. The number of hydrogen-bond donors (Lipinski definition) is 3. The van der Waals surface area contributed by atoms with Gasteiger partial charge in [0.15, 0.2) is 5.69 Å². The molecule has 0 saturated heterocycles. The Bertz CT molecular complexity index is 1380. The van der Waals surface area contributed by atoms with Gasteiger partial charge in [0.05, 0.1) is 23.4 Å². The number of carbonyl (C=O) groups excluding carboxylic acids is 2. The fourth-order valence-electron chi connectivity index (χ4n) is 2.64. The Morgan fingerprint density at radius 2 is 1.97 bits per heavy atom. The van der Waals surface area contributed by atoms with Crippen LogP contribution in [0.15, 0.2) is 36.5 Å². The summed E-state index contributed by atoms with van der Waals surface area (Å²) in [5.41, 5.74) is 8.56. The second-order valence-electron chi connectivity index (χ2n) is 8.52. The number of amides is 2. The minimum Gasteiger partial charge on any atom is -0.396 e. The van der Waals surface area contributed by atoms with Gasteiger partial charge in [-0.2, -0.15) is 10.5 Å². The number of aryl methyl sites for hydroxylation is 1. The van der Waals surface area contributed by atoms with Crippen LogP contribution in [0, 0.1) is 35.0 Å². The van der Waals surface area contributed by atoms with E-state index in [1.54, 1.807) is 30.4 Å². The average molecular weight is 504 g/mol. The van der Waals surface area contributed by atoms with Crippen LogP contribution in [0.5, 0.6) is 0 Å². The first-order valence-electron chi connectivity index (χ1n) is 11.2. The molecule has 2 amide bonds. The number of nitrogens with zero attached hydrogens (tertiary/aromatic N) is 4. The third kappa shape index (κ3) is 7.36. The highest BCUT2D eigenvalue weighted by molar-refractivity contribution is 7.21. The zero-order valence-electron chi connectivity index (χ0n) is 21.0. The lowest BCUT2D eigenvalue weighted by molar-refractivity contribution is -0.115. The molecule has 0 fully saturated rings. The second-order valence-corrected chi connectivity index (χ2v) is 9.52. The van der Waals surface area contributed by atoms with E-state index in [0.717, 1.165) is 23.3 Å². The summed E-state index contributed by atoms with van der Waals surface area (Å²) in [5.74, 6) is -0.560. The van der Waals surface area contributed by atoms with Crippen LogP contribution in [0.3, 0.4) is 0 Å². The van der Waals surface area contributed by atoms with E-state index < -0.39 is 5.91 Å². The lowest BCUT2D eigenvalue weighted by Crippen LogP contribution is -2.14. The summed E-state index contributed by atoms with van der Waals surface area (Å²) in [6.07, 6.45) is 6.11. The van der Waals surface area contributed by atoms with Gasteiger partial charge in [-0.25, -0.2) is 9.97 Å². The number of nitrogens with two attached hydrogens (primary N) is 1. The van der Waals surface area contributed by atoms with E-state index in [1.165, 1.54) is 6.20 Å². The predicted molar refractivity (Wildman–Crippen MR) is 143 cm³/mol. The fourth-order valence-corrected chi connectivity index (χ4v) is 3.54. The van der Waals surface area contributed by atoms with Crippen molar-refractivity contribution in [3.63, 3.8) is 0 Å². The predicted octanol–water partition coefficient (Wildman–Crippen LogP) is 5.56. The second kappa shape index (κ2) is 12.4. The molecule has 0 aliphatic heterocycles. The molecule has 0 radical (unpaired) electrons. The van der Waals surface area contributed by atoms with Crippen molar-refractivity contribution >= 4 is 50.6 Å². The molecule has 0 bridgehead atoms. The Hall–Kier alpha value is -4.28. The topological polar surface area (TPSA) is 158 Å². The molecule has 10 heteroatoms. The minimum absolute atomic E-state index is 0.111. The van der Waals surface area contributed by atoms with Crippen molar-refractivity contribution in [2.45, 2.75) is 47.5 Å². The van der Waals surface area contributed by atoms with Gasteiger partial charge in [-0.15, -0.1) is 11.3 Å². The smallest absolute Gasteiger partial charge is 0.268 e. The summed E-state index contributed by atoms with van der Waals surface area (Å²) in [5, 5.41) is 22.9. The number of thiophene rings is 1. The molecule has 186 valence electrons. The van der Waals surface area contributed by atoms with Gasteiger partial charge in [-0.1, -0.05) is 25.1 Å². The number of nitriles is 2. The zero-order valence-corrected chi connectivity index (χ0v) is 21.8. The molecular formula is C26H29N7O2S. The molecule has 0 atom stereocenters. The quantitative estimate of drug-likeness (QED) is 0.372. The van der Waals surface area contributed by atoms with Crippen LogP contribution in [0.1, 0.15) is 61.5 Å². The summed E-state index contributed by atoms with van der Waals surface area (Å²) in [4.78, 5) is 33.7. The summed E-state index contributed by atoms with van der Waals surface area (Å²) >= 11 is 1.10. The number of rotatable bonds is 6. The molecule has 3 aromatic rings. The number of benzene rings is 1. The first kappa shape index (κ1) is 28.0. The molecule has 1 aromatic carbocycles. The van der Waals surface area contributed by atoms with Gasteiger partial charge in [0.1, 0.15) is 21.3 Å². The first-order chi connectivity index (χ1) is 17.0.